The maximum atomic E-state index is 15.8. The predicted molar refractivity (Wildman–Crippen MR) is 185 cm³/mol. The van der Waals surface area contributed by atoms with Gasteiger partial charge in [-0.2, -0.15) is 0 Å². The summed E-state index contributed by atoms with van der Waals surface area (Å²) in [7, 11) is 0. The van der Waals surface area contributed by atoms with Crippen molar-refractivity contribution in [3.8, 4) is 22.5 Å². The van der Waals surface area contributed by atoms with Crippen molar-refractivity contribution in [2.24, 2.45) is 0 Å². The van der Waals surface area contributed by atoms with E-state index in [9.17, 15) is 14.7 Å². The van der Waals surface area contributed by atoms with E-state index in [0.29, 0.717) is 22.3 Å². The Morgan fingerprint density at radius 1 is 0.957 bits per heavy atom. The maximum absolute atomic E-state index is 15.8. The molecule has 0 bridgehead atoms. The largest absolute Gasteiger partial charge is 0.478 e. The van der Waals surface area contributed by atoms with E-state index < -0.39 is 17.7 Å². The molecule has 6 rings (SSSR count). The molecule has 2 N–H and O–H groups in total. The van der Waals surface area contributed by atoms with Gasteiger partial charge in [-0.1, -0.05) is 75.0 Å². The minimum Gasteiger partial charge on any atom is -0.478 e. The molecule has 1 aliphatic rings. The smallest absolute Gasteiger partial charge is 0.335 e. The maximum Gasteiger partial charge on any atom is 0.335 e. The number of halogens is 3. The number of carbonyl (C=O) groups excluding carboxylic acids is 1. The van der Waals surface area contributed by atoms with Gasteiger partial charge in [-0.15, -0.1) is 12.4 Å². The van der Waals surface area contributed by atoms with Gasteiger partial charge in [0.15, 0.2) is 0 Å². The lowest BCUT2D eigenvalue weighted by molar-refractivity contribution is 0.0234. The van der Waals surface area contributed by atoms with Gasteiger partial charge in [-0.25, -0.2) is 19.6 Å². The fourth-order valence-electron chi connectivity index (χ4n) is 6.21. The van der Waals surface area contributed by atoms with Crippen molar-refractivity contribution >= 4 is 46.9 Å². The molecule has 0 radical (unpaired) electrons. The average Bonchev–Trinajstić information content (AvgIpc) is 3.44. The highest BCUT2D eigenvalue weighted by atomic mass is 35.5. The molecular formula is C37H36Cl2FN3O4. The summed E-state index contributed by atoms with van der Waals surface area (Å²) >= 11 is 6.09. The zero-order chi connectivity index (χ0) is 32.4. The topological polar surface area (TPSA) is 93.4 Å². The minimum atomic E-state index is -1.05. The lowest BCUT2D eigenvalue weighted by Gasteiger charge is -2.25. The van der Waals surface area contributed by atoms with E-state index in [1.807, 2.05) is 34.9 Å². The molecule has 0 saturated heterocycles. The van der Waals surface area contributed by atoms with Crippen molar-refractivity contribution in [1.29, 1.82) is 0 Å². The number of aromatic carboxylic acids is 1. The molecule has 1 amide bonds. The van der Waals surface area contributed by atoms with Crippen molar-refractivity contribution in [1.82, 2.24) is 15.0 Å². The van der Waals surface area contributed by atoms with Crippen LogP contribution in [0.1, 0.15) is 89.8 Å². The molecular weight excluding hydrogens is 640 g/mol. The lowest BCUT2D eigenvalue weighted by atomic mass is 9.94. The minimum absolute atomic E-state index is 0. The van der Waals surface area contributed by atoms with E-state index in [1.54, 1.807) is 24.3 Å². The third-order valence-corrected chi connectivity index (χ3v) is 8.94. The Morgan fingerprint density at radius 3 is 2.34 bits per heavy atom. The highest BCUT2D eigenvalue weighted by Gasteiger charge is 2.25. The zero-order valence-corrected chi connectivity index (χ0v) is 27.7. The SMILES string of the molecule is CC(C)c1ccc(-c2ccc(Cl)cc2)c(CONC(=O)c2ccc(-c3nc4cc(C(=O)O)ccc4n3C3CCCCC3)c(F)c2)c1.Cl. The monoisotopic (exact) mass is 675 g/mol. The first kappa shape index (κ1) is 34.1. The summed E-state index contributed by atoms with van der Waals surface area (Å²) in [5.41, 5.74) is 8.16. The van der Waals surface area contributed by atoms with Gasteiger partial charge in [0.2, 0.25) is 0 Å². The highest BCUT2D eigenvalue weighted by molar-refractivity contribution is 6.30. The molecule has 1 aliphatic carbocycles. The molecule has 1 fully saturated rings. The molecule has 5 aromatic rings. The fraction of sp³-hybridized carbons (Fsp3) is 0.270. The van der Waals surface area contributed by atoms with Crippen LogP contribution in [0.3, 0.4) is 0 Å². The van der Waals surface area contributed by atoms with Crippen LogP contribution in [-0.4, -0.2) is 26.5 Å². The number of carboxylic acids is 1. The molecule has 1 aromatic heterocycles. The lowest BCUT2D eigenvalue weighted by Crippen LogP contribution is -2.24. The van der Waals surface area contributed by atoms with Crippen LogP contribution in [0, 0.1) is 5.82 Å². The highest BCUT2D eigenvalue weighted by Crippen LogP contribution is 2.37. The summed E-state index contributed by atoms with van der Waals surface area (Å²) in [6, 6.07) is 22.9. The van der Waals surface area contributed by atoms with Gasteiger partial charge in [0.1, 0.15) is 18.2 Å². The molecule has 10 heteroatoms. The molecule has 0 unspecified atom stereocenters. The number of hydrogen-bond donors (Lipinski definition) is 2. The van der Waals surface area contributed by atoms with Crippen molar-refractivity contribution in [2.75, 3.05) is 0 Å². The fourth-order valence-corrected chi connectivity index (χ4v) is 6.34. The molecule has 244 valence electrons. The summed E-state index contributed by atoms with van der Waals surface area (Å²) in [6.45, 7) is 4.33. The molecule has 0 atom stereocenters. The molecule has 1 saturated carbocycles. The summed E-state index contributed by atoms with van der Waals surface area (Å²) in [6.07, 6.45) is 5.12. The Balaban J connectivity index is 0.00000433. The summed E-state index contributed by atoms with van der Waals surface area (Å²) in [5.74, 6) is -1.50. The van der Waals surface area contributed by atoms with E-state index in [1.165, 1.54) is 12.1 Å². The Morgan fingerprint density at radius 2 is 1.66 bits per heavy atom. The van der Waals surface area contributed by atoms with Gasteiger partial charge in [0, 0.05) is 16.6 Å². The molecule has 0 aliphatic heterocycles. The molecule has 0 spiro atoms. The zero-order valence-electron chi connectivity index (χ0n) is 26.1. The Bertz CT molecular complexity index is 1920. The van der Waals surface area contributed by atoms with Crippen LogP contribution < -0.4 is 5.48 Å². The van der Waals surface area contributed by atoms with Crippen LogP contribution >= 0.6 is 24.0 Å². The number of hydroxylamine groups is 1. The van der Waals surface area contributed by atoms with Crippen LogP contribution in [0.15, 0.2) is 78.9 Å². The van der Waals surface area contributed by atoms with Crippen LogP contribution in [0.5, 0.6) is 0 Å². The van der Waals surface area contributed by atoms with Crippen LogP contribution in [-0.2, 0) is 11.4 Å². The van der Waals surface area contributed by atoms with E-state index in [2.05, 4.69) is 31.5 Å². The van der Waals surface area contributed by atoms with E-state index in [4.69, 9.17) is 21.4 Å². The molecule has 47 heavy (non-hydrogen) atoms. The first-order chi connectivity index (χ1) is 22.2. The number of fused-ring (bicyclic) bond motifs is 1. The number of imidazole rings is 1. The van der Waals surface area contributed by atoms with Crippen LogP contribution in [0.4, 0.5) is 4.39 Å². The number of aromatic nitrogens is 2. The number of hydrogen-bond acceptors (Lipinski definition) is 4. The Labute approximate surface area is 284 Å². The van der Waals surface area contributed by atoms with Gasteiger partial charge in [-0.05, 0) is 89.5 Å². The third-order valence-electron chi connectivity index (χ3n) is 8.69. The number of nitrogens with zero attached hydrogens (tertiary/aromatic N) is 2. The number of benzene rings is 4. The van der Waals surface area contributed by atoms with Gasteiger partial charge in [0.25, 0.3) is 5.91 Å². The second-order valence-corrected chi connectivity index (χ2v) is 12.5. The second kappa shape index (κ2) is 14.7. The number of carbonyl (C=O) groups is 2. The molecule has 4 aromatic carbocycles. The van der Waals surface area contributed by atoms with Gasteiger partial charge in [-0.3, -0.25) is 9.63 Å². The molecule has 7 nitrogen and oxygen atoms in total. The quantitative estimate of drug-likeness (QED) is 0.152. The Hall–Kier alpha value is -4.24. The Kier molecular flexibility index (Phi) is 10.6. The first-order valence-corrected chi connectivity index (χ1v) is 15.9. The van der Waals surface area contributed by atoms with Crippen molar-refractivity contribution in [2.45, 2.75) is 64.5 Å². The summed E-state index contributed by atoms with van der Waals surface area (Å²) < 4.78 is 17.8. The summed E-state index contributed by atoms with van der Waals surface area (Å²) in [4.78, 5) is 35.0. The summed E-state index contributed by atoms with van der Waals surface area (Å²) in [5, 5.41) is 10.1. The van der Waals surface area contributed by atoms with Crippen LogP contribution in [0.2, 0.25) is 5.02 Å². The number of amides is 1. The van der Waals surface area contributed by atoms with Gasteiger partial charge in [0.05, 0.1) is 22.2 Å². The first-order valence-electron chi connectivity index (χ1n) is 15.6. The van der Waals surface area contributed by atoms with Crippen molar-refractivity contribution in [3.63, 3.8) is 0 Å². The third kappa shape index (κ3) is 7.35. The van der Waals surface area contributed by atoms with E-state index in [0.717, 1.165) is 59.9 Å². The van der Waals surface area contributed by atoms with Crippen molar-refractivity contribution in [3.05, 3.63) is 112 Å². The number of nitrogens with one attached hydrogen (secondary N) is 1. The predicted octanol–water partition coefficient (Wildman–Crippen LogP) is 9.77. The average molecular weight is 677 g/mol. The van der Waals surface area contributed by atoms with Gasteiger partial charge >= 0.3 is 5.97 Å². The standard InChI is InChI=1S/C37H35ClFN3O4.ClH/c1-22(2)24-10-15-30(23-8-13-28(38)14-9-23)27(18-24)21-46-41-36(43)25-11-16-31(32(39)19-25)35-40-33-20-26(37(44)45)12-17-34(33)42(35)29-6-4-3-5-7-29;/h8-20,22,29H,3-7,21H2,1-2H3,(H,41,43)(H,44,45);1H. The molecule has 1 heterocycles. The van der Waals surface area contributed by atoms with E-state index >= 15 is 4.39 Å². The van der Waals surface area contributed by atoms with E-state index in [-0.39, 0.29) is 41.7 Å². The van der Waals surface area contributed by atoms with Crippen LogP contribution in [0.25, 0.3) is 33.5 Å². The normalized spacial score (nSPS) is 13.5. The van der Waals surface area contributed by atoms with Gasteiger partial charge < -0.3 is 9.67 Å². The second-order valence-electron chi connectivity index (χ2n) is 12.1. The van der Waals surface area contributed by atoms with Crippen molar-refractivity contribution < 1.29 is 23.9 Å². The number of carboxylic acid groups (broad SMARTS) is 1. The number of rotatable bonds is 9.